The highest BCUT2D eigenvalue weighted by molar-refractivity contribution is 7.10. The summed E-state index contributed by atoms with van der Waals surface area (Å²) in [4.78, 5) is 3.15. The van der Waals surface area contributed by atoms with Crippen LogP contribution in [0.5, 0.6) is 0 Å². The fourth-order valence-electron chi connectivity index (χ4n) is 2.67. The first-order chi connectivity index (χ1) is 9.74. The molecule has 2 nitrogen and oxygen atoms in total. The van der Waals surface area contributed by atoms with Crippen LogP contribution in [0.25, 0.3) is 0 Å². The van der Waals surface area contributed by atoms with Crippen molar-refractivity contribution >= 4 is 17.0 Å². The smallest absolute Gasteiger partial charge is 0.185 e. The van der Waals surface area contributed by atoms with E-state index >= 15 is 0 Å². The Hall–Kier alpha value is -1.76. The second-order valence-corrected chi connectivity index (χ2v) is 6.02. The van der Waals surface area contributed by atoms with Gasteiger partial charge in [-0.05, 0) is 36.4 Å². The van der Waals surface area contributed by atoms with Crippen molar-refractivity contribution in [1.82, 2.24) is 0 Å². The molecular weight excluding hydrogens is 266 g/mol. The first kappa shape index (κ1) is 13.2. The van der Waals surface area contributed by atoms with E-state index in [0.29, 0.717) is 0 Å². The molecule has 0 aliphatic carbocycles. The maximum Gasteiger partial charge on any atom is 0.185 e. The van der Waals surface area contributed by atoms with Crippen molar-refractivity contribution in [2.45, 2.75) is 18.4 Å². The van der Waals surface area contributed by atoms with E-state index in [0.717, 1.165) is 23.5 Å². The number of rotatable bonds is 3. The molecular formula is C17H17NOS. The summed E-state index contributed by atoms with van der Waals surface area (Å²) >= 11 is 1.48. The number of hydrogen-bond acceptors (Lipinski definition) is 3. The van der Waals surface area contributed by atoms with Crippen molar-refractivity contribution in [2.75, 3.05) is 18.0 Å². The minimum absolute atomic E-state index is 0.755. The average molecular weight is 283 g/mol. The van der Waals surface area contributed by atoms with Crippen molar-refractivity contribution in [3.05, 3.63) is 52.2 Å². The summed E-state index contributed by atoms with van der Waals surface area (Å²) in [6.45, 7) is 2.23. The van der Waals surface area contributed by atoms with Gasteiger partial charge in [-0.3, -0.25) is 0 Å². The van der Waals surface area contributed by atoms with Crippen molar-refractivity contribution in [1.29, 1.82) is 0 Å². The third-order valence-electron chi connectivity index (χ3n) is 3.84. The summed E-state index contributed by atoms with van der Waals surface area (Å²) < 4.78 is 0. The Morgan fingerprint density at radius 3 is 2.40 bits per heavy atom. The highest BCUT2D eigenvalue weighted by Crippen LogP contribution is 2.33. The Labute approximate surface area is 123 Å². The van der Waals surface area contributed by atoms with Crippen molar-refractivity contribution in [3.8, 4) is 12.3 Å². The zero-order valence-electron chi connectivity index (χ0n) is 11.2. The predicted molar refractivity (Wildman–Crippen MR) is 84.0 cm³/mol. The fraction of sp³-hybridized carbons (Fsp3) is 0.294. The Morgan fingerprint density at radius 2 is 1.85 bits per heavy atom. The molecule has 1 aromatic heterocycles. The molecule has 0 radical (unpaired) electrons. The quantitative estimate of drug-likeness (QED) is 0.874. The van der Waals surface area contributed by atoms with Crippen molar-refractivity contribution in [2.24, 2.45) is 0 Å². The van der Waals surface area contributed by atoms with E-state index in [2.05, 4.69) is 23.0 Å². The maximum absolute atomic E-state index is 10.8. The van der Waals surface area contributed by atoms with Gasteiger partial charge < -0.3 is 10.0 Å². The number of benzene rings is 1. The van der Waals surface area contributed by atoms with Crippen LogP contribution in [0.4, 0.5) is 5.69 Å². The van der Waals surface area contributed by atoms with E-state index in [-0.39, 0.29) is 0 Å². The highest BCUT2D eigenvalue weighted by atomic mass is 32.1. The molecule has 0 spiro atoms. The van der Waals surface area contributed by atoms with Crippen LogP contribution in [0.1, 0.15) is 23.3 Å². The molecule has 2 heterocycles. The molecule has 1 atom stereocenters. The molecule has 1 aliphatic heterocycles. The normalized spacial score (nSPS) is 17.7. The largest absolute Gasteiger partial charge is 0.372 e. The lowest BCUT2D eigenvalue weighted by Crippen LogP contribution is -2.24. The monoisotopic (exact) mass is 283 g/mol. The van der Waals surface area contributed by atoms with Gasteiger partial charge >= 0.3 is 0 Å². The zero-order chi connectivity index (χ0) is 14.0. The topological polar surface area (TPSA) is 23.5 Å². The molecule has 3 heteroatoms. The number of aliphatic hydroxyl groups is 1. The first-order valence-electron chi connectivity index (χ1n) is 6.83. The van der Waals surface area contributed by atoms with E-state index in [1.54, 1.807) is 0 Å². The molecule has 1 saturated heterocycles. The van der Waals surface area contributed by atoms with E-state index < -0.39 is 5.60 Å². The van der Waals surface area contributed by atoms with Gasteiger partial charge in [0, 0.05) is 24.3 Å². The van der Waals surface area contributed by atoms with Crippen molar-refractivity contribution in [3.63, 3.8) is 0 Å². The predicted octanol–water partition coefficient (Wildman–Crippen LogP) is 3.22. The lowest BCUT2D eigenvalue weighted by atomic mass is 9.93. The first-order valence-corrected chi connectivity index (χ1v) is 7.71. The van der Waals surface area contributed by atoms with Gasteiger partial charge in [0.1, 0.15) is 0 Å². The van der Waals surface area contributed by atoms with E-state index in [1.165, 1.54) is 29.9 Å². The third kappa shape index (κ3) is 2.22. The van der Waals surface area contributed by atoms with Crippen molar-refractivity contribution < 1.29 is 5.11 Å². The zero-order valence-corrected chi connectivity index (χ0v) is 12.1. The maximum atomic E-state index is 10.8. The van der Waals surface area contributed by atoms with E-state index in [1.807, 2.05) is 29.6 Å². The molecule has 0 amide bonds. The number of hydrogen-bond donors (Lipinski definition) is 1. The average Bonchev–Trinajstić information content (AvgIpc) is 3.19. The molecule has 0 bridgehead atoms. The SMILES string of the molecule is C#CC(O)(c1ccc(N2CCCC2)cc1)c1cccs1. The molecule has 1 fully saturated rings. The lowest BCUT2D eigenvalue weighted by molar-refractivity contribution is 0.149. The lowest BCUT2D eigenvalue weighted by Gasteiger charge is -2.23. The van der Waals surface area contributed by atoms with Crippen LogP contribution in [0, 0.1) is 12.3 Å². The van der Waals surface area contributed by atoms with E-state index in [4.69, 9.17) is 6.42 Å². The van der Waals surface area contributed by atoms with Gasteiger partial charge in [0.05, 0.1) is 4.88 Å². The van der Waals surface area contributed by atoms with Crippen LogP contribution in [0.3, 0.4) is 0 Å². The van der Waals surface area contributed by atoms with Gasteiger partial charge in [-0.2, -0.15) is 0 Å². The Balaban J connectivity index is 1.92. The Kier molecular flexibility index (Phi) is 3.52. The molecule has 1 aliphatic rings. The van der Waals surface area contributed by atoms with Crippen LogP contribution < -0.4 is 4.90 Å². The minimum Gasteiger partial charge on any atom is -0.372 e. The summed E-state index contributed by atoms with van der Waals surface area (Å²) in [6, 6.07) is 11.8. The highest BCUT2D eigenvalue weighted by Gasteiger charge is 2.30. The molecule has 1 unspecified atom stereocenters. The van der Waals surface area contributed by atoms with Gasteiger partial charge in [-0.25, -0.2) is 0 Å². The second-order valence-electron chi connectivity index (χ2n) is 5.07. The number of nitrogens with zero attached hydrogens (tertiary/aromatic N) is 1. The summed E-state index contributed by atoms with van der Waals surface area (Å²) in [7, 11) is 0. The van der Waals surface area contributed by atoms with Gasteiger partial charge in [0.15, 0.2) is 5.60 Å². The minimum atomic E-state index is -1.32. The van der Waals surface area contributed by atoms with Gasteiger partial charge in [-0.1, -0.05) is 24.1 Å². The molecule has 1 N–H and O–H groups in total. The third-order valence-corrected chi connectivity index (χ3v) is 4.82. The van der Waals surface area contributed by atoms with Crippen LogP contribution in [0.15, 0.2) is 41.8 Å². The van der Waals surface area contributed by atoms with Crippen LogP contribution in [-0.4, -0.2) is 18.2 Å². The van der Waals surface area contributed by atoms with Crippen LogP contribution in [0.2, 0.25) is 0 Å². The summed E-state index contributed by atoms with van der Waals surface area (Å²) in [5.74, 6) is 2.54. The molecule has 3 rings (SSSR count). The Morgan fingerprint density at radius 1 is 1.15 bits per heavy atom. The molecule has 0 saturated carbocycles. The summed E-state index contributed by atoms with van der Waals surface area (Å²) in [5, 5.41) is 12.7. The van der Waals surface area contributed by atoms with Gasteiger partial charge in [0.2, 0.25) is 0 Å². The second kappa shape index (κ2) is 5.32. The van der Waals surface area contributed by atoms with Crippen LogP contribution in [-0.2, 0) is 5.60 Å². The standard InChI is InChI=1S/C17H17NOS/c1-2-17(19,16-6-5-13-20-16)14-7-9-15(10-8-14)18-11-3-4-12-18/h1,5-10,13,19H,3-4,11-12H2. The Bertz CT molecular complexity index is 605. The fourth-order valence-corrected chi connectivity index (χ4v) is 3.48. The van der Waals surface area contributed by atoms with Gasteiger partial charge in [-0.15, -0.1) is 17.8 Å². The summed E-state index contributed by atoms with van der Waals surface area (Å²) in [5.41, 5.74) is 0.639. The number of anilines is 1. The number of thiophene rings is 1. The molecule has 102 valence electrons. The van der Waals surface area contributed by atoms with Gasteiger partial charge in [0.25, 0.3) is 0 Å². The molecule has 2 aromatic rings. The van der Waals surface area contributed by atoms with Crippen LogP contribution >= 0.6 is 11.3 Å². The van der Waals surface area contributed by atoms with E-state index in [9.17, 15) is 5.11 Å². The summed E-state index contributed by atoms with van der Waals surface area (Å²) in [6.07, 6.45) is 8.10. The molecule has 1 aromatic carbocycles. The number of terminal acetylenes is 1. The molecule has 20 heavy (non-hydrogen) atoms.